The van der Waals surface area contributed by atoms with Crippen molar-refractivity contribution in [2.45, 2.75) is 37.3 Å². The van der Waals surface area contributed by atoms with Crippen molar-refractivity contribution in [2.75, 3.05) is 40.5 Å². The van der Waals surface area contributed by atoms with Crippen LogP contribution in [0.25, 0.3) is 0 Å². The van der Waals surface area contributed by atoms with Gasteiger partial charge in [0.25, 0.3) is 0 Å². The Morgan fingerprint density at radius 1 is 1.41 bits per heavy atom. The number of hydrogen-bond acceptors (Lipinski definition) is 4. The zero-order chi connectivity index (χ0) is 12.3. The summed E-state index contributed by atoms with van der Waals surface area (Å²) in [6, 6.07) is 0. The van der Waals surface area contributed by atoms with Gasteiger partial charge in [0.1, 0.15) is 0 Å². The number of rotatable bonds is 7. The van der Waals surface area contributed by atoms with Gasteiger partial charge in [0.05, 0.1) is 18.2 Å². The maximum Gasteiger partial charge on any atom is 0.0702 e. The van der Waals surface area contributed by atoms with E-state index in [2.05, 4.69) is 11.9 Å². The van der Waals surface area contributed by atoms with Crippen molar-refractivity contribution in [1.29, 1.82) is 0 Å². The first-order valence-electron chi connectivity index (χ1n) is 6.75. The smallest absolute Gasteiger partial charge is 0.0702 e. The largest absolute Gasteiger partial charge is 0.383 e. The van der Waals surface area contributed by atoms with Crippen LogP contribution in [0.5, 0.6) is 0 Å². The fourth-order valence-corrected chi connectivity index (χ4v) is 3.07. The van der Waals surface area contributed by atoms with Gasteiger partial charge in [0.15, 0.2) is 0 Å². The molecule has 0 aromatic rings. The molecule has 100 valence electrons. The Hall–Kier alpha value is -0.160. The summed E-state index contributed by atoms with van der Waals surface area (Å²) >= 11 is 0. The Morgan fingerprint density at radius 2 is 2.18 bits per heavy atom. The van der Waals surface area contributed by atoms with E-state index in [-0.39, 0.29) is 5.54 Å². The molecular formula is C13H26N2O2. The van der Waals surface area contributed by atoms with E-state index in [1.54, 1.807) is 7.11 Å². The van der Waals surface area contributed by atoms with Gasteiger partial charge in [-0.15, -0.1) is 0 Å². The molecule has 2 unspecified atom stereocenters. The fraction of sp³-hybridized carbons (Fsp3) is 1.00. The van der Waals surface area contributed by atoms with Crippen LogP contribution < -0.4 is 5.73 Å². The highest BCUT2D eigenvalue weighted by Crippen LogP contribution is 2.42. The second-order valence-electron chi connectivity index (χ2n) is 5.53. The van der Waals surface area contributed by atoms with Gasteiger partial charge < -0.3 is 15.2 Å². The first-order valence-corrected chi connectivity index (χ1v) is 6.75. The summed E-state index contributed by atoms with van der Waals surface area (Å²) in [7, 11) is 3.94. The molecule has 0 spiro atoms. The lowest BCUT2D eigenvalue weighted by Gasteiger charge is -2.42. The van der Waals surface area contributed by atoms with Gasteiger partial charge in [0, 0.05) is 26.8 Å². The molecule has 2 N–H and O–H groups in total. The summed E-state index contributed by atoms with van der Waals surface area (Å²) < 4.78 is 11.1. The third kappa shape index (κ3) is 2.81. The number of methoxy groups -OCH3 is 1. The summed E-state index contributed by atoms with van der Waals surface area (Å²) in [5, 5.41) is 0. The molecule has 1 aliphatic carbocycles. The lowest BCUT2D eigenvalue weighted by Crippen LogP contribution is -2.58. The Morgan fingerprint density at radius 3 is 2.65 bits per heavy atom. The maximum atomic E-state index is 6.05. The quantitative estimate of drug-likeness (QED) is 0.719. The van der Waals surface area contributed by atoms with Gasteiger partial charge in [-0.05, 0) is 38.6 Å². The van der Waals surface area contributed by atoms with Gasteiger partial charge in [-0.3, -0.25) is 4.90 Å². The van der Waals surface area contributed by atoms with Crippen LogP contribution in [0.4, 0.5) is 0 Å². The number of nitrogens with two attached hydrogens (primary N) is 1. The molecule has 1 heterocycles. The second-order valence-corrected chi connectivity index (χ2v) is 5.53. The molecule has 1 aliphatic heterocycles. The zero-order valence-electron chi connectivity index (χ0n) is 11.2. The molecule has 2 aliphatic rings. The predicted molar refractivity (Wildman–Crippen MR) is 68.0 cm³/mol. The van der Waals surface area contributed by atoms with Crippen molar-refractivity contribution in [2.24, 2.45) is 11.7 Å². The average Bonchev–Trinajstić information content (AvgIpc) is 3.05. The van der Waals surface area contributed by atoms with Gasteiger partial charge >= 0.3 is 0 Å². The monoisotopic (exact) mass is 242 g/mol. The Labute approximate surface area is 104 Å². The Balaban J connectivity index is 1.97. The van der Waals surface area contributed by atoms with Gasteiger partial charge in [-0.25, -0.2) is 0 Å². The topological polar surface area (TPSA) is 47.7 Å². The molecule has 4 nitrogen and oxygen atoms in total. The van der Waals surface area contributed by atoms with Crippen LogP contribution in [0.15, 0.2) is 0 Å². The molecule has 4 heteroatoms. The first-order chi connectivity index (χ1) is 8.23. The first kappa shape index (κ1) is 13.3. The van der Waals surface area contributed by atoms with Crippen LogP contribution in [-0.4, -0.2) is 57.0 Å². The van der Waals surface area contributed by atoms with Gasteiger partial charge in [-0.2, -0.15) is 0 Å². The molecule has 1 saturated carbocycles. The van der Waals surface area contributed by atoms with Crippen molar-refractivity contribution >= 4 is 0 Å². The van der Waals surface area contributed by atoms with Crippen molar-refractivity contribution in [3.63, 3.8) is 0 Å². The SMILES string of the molecule is COCC(CN)(C1CC1)N(C)CC1CCCO1. The van der Waals surface area contributed by atoms with Crippen molar-refractivity contribution in [3.05, 3.63) is 0 Å². The van der Waals surface area contributed by atoms with Gasteiger partial charge in [0.2, 0.25) is 0 Å². The van der Waals surface area contributed by atoms with Crippen LogP contribution in [0, 0.1) is 5.92 Å². The average molecular weight is 242 g/mol. The van der Waals surface area contributed by atoms with E-state index < -0.39 is 0 Å². The van der Waals surface area contributed by atoms with E-state index >= 15 is 0 Å². The summed E-state index contributed by atoms with van der Waals surface area (Å²) in [5.41, 5.74) is 6.08. The molecule has 0 radical (unpaired) electrons. The number of ether oxygens (including phenoxy) is 2. The minimum atomic E-state index is 0.0285. The van der Waals surface area contributed by atoms with Crippen LogP contribution in [0.2, 0.25) is 0 Å². The van der Waals surface area contributed by atoms with E-state index in [9.17, 15) is 0 Å². The lowest BCUT2D eigenvalue weighted by molar-refractivity contribution is -0.0147. The highest BCUT2D eigenvalue weighted by Gasteiger charge is 2.47. The van der Waals surface area contributed by atoms with E-state index in [4.69, 9.17) is 15.2 Å². The normalized spacial score (nSPS) is 28.6. The second kappa shape index (κ2) is 5.65. The highest BCUT2D eigenvalue weighted by atomic mass is 16.5. The van der Waals surface area contributed by atoms with Crippen molar-refractivity contribution in [1.82, 2.24) is 4.90 Å². The van der Waals surface area contributed by atoms with E-state index in [1.165, 1.54) is 25.7 Å². The molecule has 0 bridgehead atoms. The summed E-state index contributed by atoms with van der Waals surface area (Å²) in [6.07, 6.45) is 5.35. The molecule has 0 aromatic heterocycles. The highest BCUT2D eigenvalue weighted by molar-refractivity contribution is 5.03. The zero-order valence-corrected chi connectivity index (χ0v) is 11.2. The van der Waals surface area contributed by atoms with Crippen molar-refractivity contribution < 1.29 is 9.47 Å². The molecular weight excluding hydrogens is 216 g/mol. The number of hydrogen-bond donors (Lipinski definition) is 1. The number of likely N-dealkylation sites (N-methyl/N-ethyl adjacent to an activating group) is 1. The number of nitrogens with zero attached hydrogens (tertiary/aromatic N) is 1. The maximum absolute atomic E-state index is 6.05. The Kier molecular flexibility index (Phi) is 4.42. The third-order valence-corrected chi connectivity index (χ3v) is 4.35. The Bertz CT molecular complexity index is 240. The summed E-state index contributed by atoms with van der Waals surface area (Å²) in [6.45, 7) is 3.31. The molecule has 2 atom stereocenters. The molecule has 17 heavy (non-hydrogen) atoms. The molecule has 2 fully saturated rings. The molecule has 0 amide bonds. The summed E-state index contributed by atoms with van der Waals surface area (Å²) in [4.78, 5) is 2.39. The standard InChI is InChI=1S/C13H26N2O2/c1-15(8-12-4-3-7-17-12)13(9-14,10-16-2)11-5-6-11/h11-12H,3-10,14H2,1-2H3. The predicted octanol–water partition coefficient (Wildman–Crippen LogP) is 0.851. The molecule has 2 rings (SSSR count). The molecule has 1 saturated heterocycles. The van der Waals surface area contributed by atoms with Crippen molar-refractivity contribution in [3.8, 4) is 0 Å². The summed E-state index contributed by atoms with van der Waals surface area (Å²) in [5.74, 6) is 0.707. The van der Waals surface area contributed by atoms with Crippen LogP contribution in [-0.2, 0) is 9.47 Å². The van der Waals surface area contributed by atoms with Crippen LogP contribution >= 0.6 is 0 Å². The van der Waals surface area contributed by atoms with Crippen LogP contribution in [0.3, 0.4) is 0 Å². The third-order valence-electron chi connectivity index (χ3n) is 4.35. The lowest BCUT2D eigenvalue weighted by atomic mass is 9.91. The van der Waals surface area contributed by atoms with E-state index in [0.29, 0.717) is 18.6 Å². The van der Waals surface area contributed by atoms with Gasteiger partial charge in [-0.1, -0.05) is 0 Å². The minimum absolute atomic E-state index is 0.0285. The van der Waals surface area contributed by atoms with E-state index in [0.717, 1.165) is 19.8 Å². The van der Waals surface area contributed by atoms with Crippen LogP contribution in [0.1, 0.15) is 25.7 Å². The minimum Gasteiger partial charge on any atom is -0.383 e. The van der Waals surface area contributed by atoms with E-state index in [1.807, 2.05) is 0 Å². The molecule has 0 aromatic carbocycles. The fourth-order valence-electron chi connectivity index (χ4n) is 3.07.